The van der Waals surface area contributed by atoms with Crippen LogP contribution in [0, 0.1) is 5.92 Å². The van der Waals surface area contributed by atoms with E-state index in [0.29, 0.717) is 30.6 Å². The zero-order valence-electron chi connectivity index (χ0n) is 20.3. The zero-order valence-corrected chi connectivity index (χ0v) is 20.3. The Morgan fingerprint density at radius 2 is 1.67 bits per heavy atom. The van der Waals surface area contributed by atoms with Crippen molar-refractivity contribution in [3.8, 4) is 0 Å². The summed E-state index contributed by atoms with van der Waals surface area (Å²) in [6, 6.07) is 12.7. The van der Waals surface area contributed by atoms with Gasteiger partial charge in [-0.2, -0.15) is 0 Å². The number of carbonyl (C=O) groups excluding carboxylic acids is 3. The number of benzene rings is 1. The smallest absolute Gasteiger partial charge is 0.295 e. The number of fused-ring (bicyclic) bond motifs is 5. The maximum Gasteiger partial charge on any atom is 0.295 e. The van der Waals surface area contributed by atoms with Gasteiger partial charge in [-0.3, -0.25) is 19.2 Å². The molecule has 2 atom stereocenters. The summed E-state index contributed by atoms with van der Waals surface area (Å²) in [7, 11) is 0. The van der Waals surface area contributed by atoms with E-state index in [9.17, 15) is 19.2 Å². The molecule has 2 fully saturated rings. The van der Waals surface area contributed by atoms with E-state index in [4.69, 9.17) is 0 Å². The third-order valence-corrected chi connectivity index (χ3v) is 8.01. The van der Waals surface area contributed by atoms with Crippen LogP contribution in [0.25, 0.3) is 10.9 Å². The van der Waals surface area contributed by atoms with Gasteiger partial charge in [-0.05, 0) is 43.7 Å². The lowest BCUT2D eigenvalue weighted by Crippen LogP contribution is -2.50. The molecule has 8 heteroatoms. The molecule has 0 radical (unpaired) electrons. The molecule has 2 aromatic heterocycles. The van der Waals surface area contributed by atoms with E-state index in [1.54, 1.807) is 27.8 Å². The summed E-state index contributed by atoms with van der Waals surface area (Å²) < 4.78 is 3.62. The quantitative estimate of drug-likeness (QED) is 0.419. The molecule has 3 aliphatic rings. The first-order chi connectivity index (χ1) is 17.5. The van der Waals surface area contributed by atoms with Crippen LogP contribution < -0.4 is 5.56 Å². The highest BCUT2D eigenvalue weighted by atomic mass is 16.2. The summed E-state index contributed by atoms with van der Waals surface area (Å²) in [6.07, 6.45) is 5.78. The number of nitrogens with zero attached hydrogens (tertiary/aromatic N) is 4. The molecule has 2 unspecified atom stereocenters. The Bertz CT molecular complexity index is 1410. The van der Waals surface area contributed by atoms with Gasteiger partial charge in [0.2, 0.25) is 5.91 Å². The van der Waals surface area contributed by atoms with Crippen LogP contribution in [0.3, 0.4) is 0 Å². The van der Waals surface area contributed by atoms with Gasteiger partial charge in [0.1, 0.15) is 6.54 Å². The van der Waals surface area contributed by atoms with Crippen LogP contribution in [0.15, 0.2) is 53.5 Å². The molecule has 5 heterocycles. The molecule has 0 N–H and O–H groups in total. The molecule has 2 bridgehead atoms. The first kappa shape index (κ1) is 22.8. The van der Waals surface area contributed by atoms with Crippen molar-refractivity contribution in [3.05, 3.63) is 70.3 Å². The molecule has 3 aliphatic heterocycles. The third-order valence-electron chi connectivity index (χ3n) is 8.01. The number of hydrogen-bond donors (Lipinski definition) is 0. The molecule has 0 spiro atoms. The van der Waals surface area contributed by atoms with Crippen molar-refractivity contribution in [2.45, 2.75) is 44.7 Å². The van der Waals surface area contributed by atoms with Gasteiger partial charge >= 0.3 is 0 Å². The number of amides is 2. The van der Waals surface area contributed by atoms with Gasteiger partial charge in [0.25, 0.3) is 17.2 Å². The molecule has 186 valence electrons. The number of para-hydroxylation sites is 1. The van der Waals surface area contributed by atoms with Crippen molar-refractivity contribution in [2.24, 2.45) is 5.92 Å². The van der Waals surface area contributed by atoms with E-state index in [0.717, 1.165) is 50.0 Å². The molecule has 3 aromatic rings. The average molecular weight is 487 g/mol. The summed E-state index contributed by atoms with van der Waals surface area (Å²) in [5.74, 6) is -0.815. The minimum Gasteiger partial charge on any atom is -0.341 e. The lowest BCUT2D eigenvalue weighted by molar-refractivity contribution is -0.132. The van der Waals surface area contributed by atoms with Crippen molar-refractivity contribution >= 4 is 28.5 Å². The predicted molar refractivity (Wildman–Crippen MR) is 135 cm³/mol. The predicted octanol–water partition coefficient (Wildman–Crippen LogP) is 2.64. The summed E-state index contributed by atoms with van der Waals surface area (Å²) in [6.45, 7) is 3.16. The number of carbonyl (C=O) groups is 3. The molecule has 2 saturated heterocycles. The SMILES string of the molecule is O=C(C(=O)N1CC2CC(C1)c1cccc(=O)n1C2)c1cn(CC(=O)N2CCCCC2)c2ccccc12. The van der Waals surface area contributed by atoms with Crippen molar-refractivity contribution in [3.63, 3.8) is 0 Å². The van der Waals surface area contributed by atoms with Crippen LogP contribution in [0.1, 0.15) is 47.7 Å². The normalized spacial score (nSPS) is 21.3. The van der Waals surface area contributed by atoms with Gasteiger partial charge in [-0.15, -0.1) is 0 Å². The highest BCUT2D eigenvalue weighted by Gasteiger charge is 2.38. The molecule has 0 aliphatic carbocycles. The molecule has 0 saturated carbocycles. The second-order valence-corrected chi connectivity index (χ2v) is 10.4. The third kappa shape index (κ3) is 3.94. The second kappa shape index (κ2) is 9.08. The van der Waals surface area contributed by atoms with E-state index in [1.165, 1.54) is 0 Å². The molecule has 36 heavy (non-hydrogen) atoms. The number of hydrogen-bond acceptors (Lipinski definition) is 4. The van der Waals surface area contributed by atoms with Gasteiger partial charge in [0.05, 0.1) is 5.56 Å². The topological polar surface area (TPSA) is 84.6 Å². The van der Waals surface area contributed by atoms with E-state index < -0.39 is 11.7 Å². The Kier molecular flexibility index (Phi) is 5.74. The summed E-state index contributed by atoms with van der Waals surface area (Å²) >= 11 is 0. The van der Waals surface area contributed by atoms with E-state index >= 15 is 0 Å². The standard InChI is InChI=1S/C28H30N4O4/c33-25-10-6-9-23-20-13-19(15-32(23)25)14-31(16-20)28(36)27(35)22-17-30(24-8-3-2-7-21(22)24)18-26(34)29-11-4-1-5-12-29/h2-3,6-10,17,19-20H,1,4-5,11-16,18H2. The highest BCUT2D eigenvalue weighted by molar-refractivity contribution is 6.45. The van der Waals surface area contributed by atoms with Gasteiger partial charge in [0.15, 0.2) is 0 Å². The van der Waals surface area contributed by atoms with Crippen LogP contribution >= 0.6 is 0 Å². The van der Waals surface area contributed by atoms with Crippen molar-refractivity contribution in [1.82, 2.24) is 18.9 Å². The monoisotopic (exact) mass is 486 g/mol. The minimum atomic E-state index is -0.541. The van der Waals surface area contributed by atoms with E-state index in [1.807, 2.05) is 39.8 Å². The zero-order chi connectivity index (χ0) is 24.8. The Hall–Kier alpha value is -3.68. The highest BCUT2D eigenvalue weighted by Crippen LogP contribution is 2.35. The Morgan fingerprint density at radius 3 is 2.50 bits per heavy atom. The number of pyridine rings is 1. The Labute approximate surface area is 209 Å². The molecular weight excluding hydrogens is 456 g/mol. The molecular formula is C28H30N4O4. The Morgan fingerprint density at radius 1 is 0.861 bits per heavy atom. The van der Waals surface area contributed by atoms with Gasteiger partial charge in [-0.1, -0.05) is 24.3 Å². The van der Waals surface area contributed by atoms with Gasteiger partial charge < -0.3 is 18.9 Å². The van der Waals surface area contributed by atoms with Crippen molar-refractivity contribution in [2.75, 3.05) is 26.2 Å². The average Bonchev–Trinajstić information content (AvgIpc) is 3.27. The number of rotatable bonds is 4. The second-order valence-electron chi connectivity index (χ2n) is 10.4. The molecule has 8 nitrogen and oxygen atoms in total. The fourth-order valence-corrected chi connectivity index (χ4v) is 6.27. The van der Waals surface area contributed by atoms with E-state index in [2.05, 4.69) is 0 Å². The van der Waals surface area contributed by atoms with Crippen LogP contribution in [0.4, 0.5) is 0 Å². The lowest BCUT2D eigenvalue weighted by atomic mass is 9.83. The number of Topliss-reactive ketones (excluding diaryl/α,β-unsaturated/α-hetero) is 1. The number of likely N-dealkylation sites (tertiary alicyclic amines) is 2. The van der Waals surface area contributed by atoms with Crippen LogP contribution in [-0.4, -0.2) is 62.7 Å². The summed E-state index contributed by atoms with van der Waals surface area (Å²) in [5.41, 5.74) is 2.05. The molecule has 6 rings (SSSR count). The Balaban J connectivity index is 1.25. The molecule has 2 amide bonds. The largest absolute Gasteiger partial charge is 0.341 e. The van der Waals surface area contributed by atoms with Crippen molar-refractivity contribution in [1.29, 1.82) is 0 Å². The van der Waals surface area contributed by atoms with E-state index in [-0.39, 0.29) is 29.8 Å². The van der Waals surface area contributed by atoms with Gasteiger partial charge in [-0.25, -0.2) is 0 Å². The fraction of sp³-hybridized carbons (Fsp3) is 0.429. The maximum absolute atomic E-state index is 13.5. The van der Waals surface area contributed by atoms with Crippen LogP contribution in [0.2, 0.25) is 0 Å². The fourth-order valence-electron chi connectivity index (χ4n) is 6.27. The lowest BCUT2D eigenvalue weighted by Gasteiger charge is -2.42. The number of aromatic nitrogens is 2. The van der Waals surface area contributed by atoms with Crippen molar-refractivity contribution < 1.29 is 14.4 Å². The first-order valence-electron chi connectivity index (χ1n) is 12.9. The van der Waals surface area contributed by atoms with Gasteiger partial charge in [0, 0.05) is 67.5 Å². The number of ketones is 1. The minimum absolute atomic E-state index is 0.00929. The first-order valence-corrected chi connectivity index (χ1v) is 12.9. The van der Waals surface area contributed by atoms with Crippen LogP contribution in [0.5, 0.6) is 0 Å². The summed E-state index contributed by atoms with van der Waals surface area (Å²) in [5, 5.41) is 0.691. The number of piperidine rings is 2. The summed E-state index contributed by atoms with van der Waals surface area (Å²) in [4.78, 5) is 55.8. The molecule has 1 aromatic carbocycles. The van der Waals surface area contributed by atoms with Crippen LogP contribution in [-0.2, 0) is 22.7 Å². The maximum atomic E-state index is 13.5.